The van der Waals surface area contributed by atoms with E-state index in [0.29, 0.717) is 19.3 Å². The van der Waals surface area contributed by atoms with Gasteiger partial charge in [-0.25, -0.2) is 0 Å². The Morgan fingerprint density at radius 2 is 0.724 bits per heavy atom. The van der Waals surface area contributed by atoms with Gasteiger partial charge in [0.1, 0.15) is 12.2 Å². The Morgan fingerprint density at radius 3 is 1.07 bits per heavy atom. The van der Waals surface area contributed by atoms with Crippen LogP contribution in [0.25, 0.3) is 0 Å². The topological polar surface area (TPSA) is 110 Å². The molecule has 4 unspecified atom stereocenters. The van der Waals surface area contributed by atoms with Crippen LogP contribution in [0.2, 0.25) is 0 Å². The molecule has 0 aliphatic carbocycles. The van der Waals surface area contributed by atoms with Gasteiger partial charge in [-0.05, 0) is 57.8 Å². The van der Waals surface area contributed by atoms with Crippen LogP contribution >= 0.6 is 0 Å². The molecular formula is C52H99NO5. The predicted octanol–water partition coefficient (Wildman–Crippen LogP) is 14.1. The Morgan fingerprint density at radius 1 is 0.414 bits per heavy atom. The molecule has 0 heterocycles. The van der Waals surface area contributed by atoms with Crippen LogP contribution in [0.5, 0.6) is 0 Å². The third-order valence-corrected chi connectivity index (χ3v) is 11.8. The van der Waals surface area contributed by atoms with Crippen molar-refractivity contribution in [1.29, 1.82) is 0 Å². The molecule has 0 aromatic heterocycles. The minimum Gasteiger partial charge on any atom is -0.394 e. The van der Waals surface area contributed by atoms with Crippen molar-refractivity contribution in [2.45, 2.75) is 282 Å². The molecule has 5 N–H and O–H groups in total. The highest BCUT2D eigenvalue weighted by Crippen LogP contribution is 2.17. The Bertz CT molecular complexity index is 919. The van der Waals surface area contributed by atoms with Gasteiger partial charge in [0.25, 0.3) is 0 Å². The third kappa shape index (κ3) is 40.0. The highest BCUT2D eigenvalue weighted by atomic mass is 16.3. The molecule has 0 fully saturated rings. The van der Waals surface area contributed by atoms with Gasteiger partial charge in [0.2, 0.25) is 5.91 Å². The van der Waals surface area contributed by atoms with Gasteiger partial charge in [-0.15, -0.1) is 0 Å². The highest BCUT2D eigenvalue weighted by Gasteiger charge is 2.28. The first-order chi connectivity index (χ1) is 28.5. The third-order valence-electron chi connectivity index (χ3n) is 11.8. The fraction of sp³-hybridized carbons (Fsp3) is 0.865. The van der Waals surface area contributed by atoms with Crippen LogP contribution < -0.4 is 5.32 Å². The maximum absolute atomic E-state index is 12.5. The lowest BCUT2D eigenvalue weighted by Crippen LogP contribution is -2.53. The minimum absolute atomic E-state index is 0.362. The Kier molecular flexibility index (Phi) is 45.4. The summed E-state index contributed by atoms with van der Waals surface area (Å²) in [6.07, 6.45) is 56.3. The lowest BCUT2D eigenvalue weighted by Gasteiger charge is -2.27. The van der Waals surface area contributed by atoms with Gasteiger partial charge in [0.05, 0.1) is 18.8 Å². The Balaban J connectivity index is 3.65. The van der Waals surface area contributed by atoms with E-state index in [2.05, 4.69) is 55.6 Å². The quantitative estimate of drug-likeness (QED) is 0.0310. The molecule has 0 aliphatic heterocycles. The van der Waals surface area contributed by atoms with Crippen LogP contribution in [0.4, 0.5) is 0 Å². The summed E-state index contributed by atoms with van der Waals surface area (Å²) < 4.78 is 0. The normalized spacial score (nSPS) is 14.2. The van der Waals surface area contributed by atoms with Gasteiger partial charge in [-0.1, -0.05) is 237 Å². The van der Waals surface area contributed by atoms with E-state index in [4.69, 9.17) is 0 Å². The summed E-state index contributed by atoms with van der Waals surface area (Å²) in [5.41, 5.74) is 0. The Labute approximate surface area is 360 Å². The summed E-state index contributed by atoms with van der Waals surface area (Å²) in [6, 6.07) is -1.01. The van der Waals surface area contributed by atoms with Crippen LogP contribution in [0, 0.1) is 0 Å². The number of allylic oxidation sites excluding steroid dienone is 6. The van der Waals surface area contributed by atoms with Gasteiger partial charge >= 0.3 is 0 Å². The van der Waals surface area contributed by atoms with Crippen molar-refractivity contribution in [2.24, 2.45) is 0 Å². The number of hydrogen-bond donors (Lipinski definition) is 5. The molecule has 0 aromatic carbocycles. The first kappa shape index (κ1) is 56.5. The summed E-state index contributed by atoms with van der Waals surface area (Å²) >= 11 is 0. The highest BCUT2D eigenvalue weighted by molar-refractivity contribution is 5.80. The first-order valence-corrected chi connectivity index (χ1v) is 25.4. The van der Waals surface area contributed by atoms with Crippen LogP contribution in [0.15, 0.2) is 36.5 Å². The summed E-state index contributed by atoms with van der Waals surface area (Å²) in [5, 5.41) is 43.7. The lowest BCUT2D eigenvalue weighted by molar-refractivity contribution is -0.132. The molecule has 0 saturated heterocycles. The van der Waals surface area contributed by atoms with E-state index >= 15 is 0 Å². The van der Waals surface area contributed by atoms with Crippen LogP contribution in [0.3, 0.4) is 0 Å². The summed E-state index contributed by atoms with van der Waals surface area (Å²) in [6.45, 7) is 4.01. The van der Waals surface area contributed by atoms with E-state index < -0.39 is 36.9 Å². The number of unbranched alkanes of at least 4 members (excludes halogenated alkanes) is 31. The van der Waals surface area contributed by atoms with Gasteiger partial charge in [-0.3, -0.25) is 4.79 Å². The molecule has 6 heteroatoms. The molecule has 0 radical (unpaired) electrons. The zero-order valence-corrected chi connectivity index (χ0v) is 38.5. The first-order valence-electron chi connectivity index (χ1n) is 25.4. The van der Waals surface area contributed by atoms with E-state index in [1.807, 2.05) is 0 Å². The number of carbonyl (C=O) groups excluding carboxylic acids is 1. The second-order valence-corrected chi connectivity index (χ2v) is 17.5. The fourth-order valence-corrected chi connectivity index (χ4v) is 7.78. The molecule has 1 amide bonds. The minimum atomic E-state index is -1.29. The monoisotopic (exact) mass is 818 g/mol. The zero-order chi connectivity index (χ0) is 42.4. The molecular weight excluding hydrogens is 719 g/mol. The van der Waals surface area contributed by atoms with Crippen LogP contribution in [0.1, 0.15) is 258 Å². The largest absolute Gasteiger partial charge is 0.394 e. The van der Waals surface area contributed by atoms with Gasteiger partial charge in [0.15, 0.2) is 0 Å². The van der Waals surface area contributed by atoms with Crippen molar-refractivity contribution < 1.29 is 25.2 Å². The molecule has 58 heavy (non-hydrogen) atoms. The molecule has 0 bridgehead atoms. The zero-order valence-electron chi connectivity index (χ0n) is 38.5. The molecule has 0 saturated carbocycles. The maximum Gasteiger partial charge on any atom is 0.249 e. The van der Waals surface area contributed by atoms with Gasteiger partial charge in [-0.2, -0.15) is 0 Å². The van der Waals surface area contributed by atoms with Crippen molar-refractivity contribution in [3.05, 3.63) is 36.5 Å². The second kappa shape index (κ2) is 46.6. The fourth-order valence-electron chi connectivity index (χ4n) is 7.78. The standard InChI is InChI=1S/C52H99NO5/c1-3-5-7-9-11-13-15-17-19-20-21-22-23-24-25-26-27-28-29-30-32-34-36-38-40-42-44-46-50(56)52(58)53-48(47-54)51(57)49(55)45-43-41-39-37-35-33-31-18-16-14-12-10-8-6-4-2/h10,12,18,31,37,39,48-51,54-57H,3-9,11,13-17,19-30,32-36,38,40-47H2,1-2H3,(H,53,58)/b12-10+,31-18+,39-37+. The number of aliphatic hydroxyl groups is 4. The van der Waals surface area contributed by atoms with Crippen molar-refractivity contribution in [3.8, 4) is 0 Å². The maximum atomic E-state index is 12.5. The molecule has 0 aliphatic rings. The van der Waals surface area contributed by atoms with Crippen LogP contribution in [-0.4, -0.2) is 57.3 Å². The van der Waals surface area contributed by atoms with E-state index in [1.54, 1.807) is 0 Å². The lowest BCUT2D eigenvalue weighted by atomic mass is 10.00. The second-order valence-electron chi connectivity index (χ2n) is 17.5. The smallest absolute Gasteiger partial charge is 0.249 e. The molecule has 342 valence electrons. The van der Waals surface area contributed by atoms with Crippen molar-refractivity contribution in [2.75, 3.05) is 6.61 Å². The van der Waals surface area contributed by atoms with E-state index in [0.717, 1.165) is 51.4 Å². The number of amides is 1. The molecule has 0 rings (SSSR count). The predicted molar refractivity (Wildman–Crippen MR) is 251 cm³/mol. The molecule has 6 nitrogen and oxygen atoms in total. The number of rotatable bonds is 46. The summed E-state index contributed by atoms with van der Waals surface area (Å²) in [4.78, 5) is 12.5. The van der Waals surface area contributed by atoms with E-state index in [1.165, 1.54) is 173 Å². The molecule has 4 atom stereocenters. The summed E-state index contributed by atoms with van der Waals surface area (Å²) in [7, 11) is 0. The van der Waals surface area contributed by atoms with E-state index in [-0.39, 0.29) is 0 Å². The van der Waals surface area contributed by atoms with E-state index in [9.17, 15) is 25.2 Å². The average molecular weight is 818 g/mol. The number of carbonyl (C=O) groups is 1. The molecule has 0 spiro atoms. The van der Waals surface area contributed by atoms with Crippen molar-refractivity contribution in [1.82, 2.24) is 5.32 Å². The molecule has 0 aromatic rings. The van der Waals surface area contributed by atoms with Gasteiger partial charge < -0.3 is 25.7 Å². The summed E-state index contributed by atoms with van der Waals surface area (Å²) in [5.74, 6) is -0.597. The Hall–Kier alpha value is -1.47. The van der Waals surface area contributed by atoms with Gasteiger partial charge in [0, 0.05) is 0 Å². The number of hydrogen-bond acceptors (Lipinski definition) is 5. The van der Waals surface area contributed by atoms with Crippen LogP contribution in [-0.2, 0) is 4.79 Å². The number of nitrogens with one attached hydrogen (secondary N) is 1. The number of aliphatic hydroxyl groups excluding tert-OH is 4. The SMILES string of the molecule is CCCC/C=C/CC/C=C/CC/C=C/CCCC(O)C(O)C(CO)NC(=O)C(O)CCCCCCCCCCCCCCCCCCCCCCCCCCCCC. The average Bonchev–Trinajstić information content (AvgIpc) is 3.23. The van der Waals surface area contributed by atoms with Crippen molar-refractivity contribution in [3.63, 3.8) is 0 Å². The van der Waals surface area contributed by atoms with Crippen molar-refractivity contribution >= 4 is 5.91 Å².